The molecular formula is C20H32N2O3S. The van der Waals surface area contributed by atoms with Crippen LogP contribution in [0.2, 0.25) is 0 Å². The van der Waals surface area contributed by atoms with E-state index >= 15 is 0 Å². The fourth-order valence-corrected chi connectivity index (χ4v) is 5.13. The Morgan fingerprint density at radius 1 is 1.15 bits per heavy atom. The average Bonchev–Trinajstić information content (AvgIpc) is 3.14. The van der Waals surface area contributed by atoms with Crippen molar-refractivity contribution in [3.8, 4) is 0 Å². The van der Waals surface area contributed by atoms with Crippen LogP contribution in [0.5, 0.6) is 0 Å². The van der Waals surface area contributed by atoms with Gasteiger partial charge in [-0.05, 0) is 37.0 Å². The topological polar surface area (TPSA) is 66.5 Å². The average molecular weight is 381 g/mol. The Labute approximate surface area is 158 Å². The molecule has 1 fully saturated rings. The van der Waals surface area contributed by atoms with Crippen molar-refractivity contribution >= 4 is 15.9 Å². The highest BCUT2D eigenvalue weighted by atomic mass is 32.2. The molecule has 1 aromatic carbocycles. The van der Waals surface area contributed by atoms with E-state index in [1.165, 1.54) is 30.0 Å². The van der Waals surface area contributed by atoms with Gasteiger partial charge in [0, 0.05) is 19.5 Å². The van der Waals surface area contributed by atoms with Crippen LogP contribution < -0.4 is 5.32 Å². The molecule has 0 spiro atoms. The highest BCUT2D eigenvalue weighted by molar-refractivity contribution is 7.89. The first-order valence-corrected chi connectivity index (χ1v) is 11.2. The van der Waals surface area contributed by atoms with Gasteiger partial charge >= 0.3 is 0 Å². The van der Waals surface area contributed by atoms with Crippen LogP contribution in [0.3, 0.4) is 0 Å². The number of carbonyl (C=O) groups is 1. The van der Waals surface area contributed by atoms with Gasteiger partial charge in [-0.3, -0.25) is 4.79 Å². The van der Waals surface area contributed by atoms with Crippen molar-refractivity contribution in [3.05, 3.63) is 29.8 Å². The highest BCUT2D eigenvalue weighted by Gasteiger charge is 2.22. The number of nitrogens with one attached hydrogen (secondary N) is 1. The molecule has 0 radical (unpaired) electrons. The van der Waals surface area contributed by atoms with Gasteiger partial charge in [-0.2, -0.15) is 4.31 Å². The lowest BCUT2D eigenvalue weighted by Gasteiger charge is -2.19. The molecule has 1 N–H and O–H groups in total. The van der Waals surface area contributed by atoms with Gasteiger partial charge in [0.2, 0.25) is 15.9 Å². The Morgan fingerprint density at radius 2 is 1.73 bits per heavy atom. The fraction of sp³-hybridized carbons (Fsp3) is 0.650. The summed E-state index contributed by atoms with van der Waals surface area (Å²) in [7, 11) is -3.44. The number of carbonyl (C=O) groups excluding carboxylic acids is 1. The lowest BCUT2D eigenvalue weighted by molar-refractivity contribution is -0.122. The second-order valence-corrected chi connectivity index (χ2v) is 9.07. The van der Waals surface area contributed by atoms with Gasteiger partial charge in [0.15, 0.2) is 0 Å². The van der Waals surface area contributed by atoms with Gasteiger partial charge in [-0.25, -0.2) is 8.42 Å². The van der Waals surface area contributed by atoms with E-state index in [4.69, 9.17) is 0 Å². The zero-order valence-corrected chi connectivity index (χ0v) is 17.0. The summed E-state index contributed by atoms with van der Waals surface area (Å²) in [5.74, 6) is 0.782. The summed E-state index contributed by atoms with van der Waals surface area (Å²) >= 11 is 0. The minimum atomic E-state index is -3.44. The van der Waals surface area contributed by atoms with Crippen molar-refractivity contribution < 1.29 is 13.2 Å². The number of sulfonamides is 1. The number of benzene rings is 1. The van der Waals surface area contributed by atoms with Gasteiger partial charge in [0.1, 0.15) is 0 Å². The van der Waals surface area contributed by atoms with Gasteiger partial charge in [0.25, 0.3) is 0 Å². The minimum absolute atomic E-state index is 0.0734. The summed E-state index contributed by atoms with van der Waals surface area (Å²) < 4.78 is 26.5. The van der Waals surface area contributed by atoms with Crippen molar-refractivity contribution in [2.45, 2.75) is 70.2 Å². The van der Waals surface area contributed by atoms with E-state index < -0.39 is 10.0 Å². The monoisotopic (exact) mass is 380 g/mol. The van der Waals surface area contributed by atoms with Crippen LogP contribution in [-0.2, 0) is 14.8 Å². The predicted molar refractivity (Wildman–Crippen MR) is 104 cm³/mol. The maximum Gasteiger partial charge on any atom is 0.243 e. The van der Waals surface area contributed by atoms with Crippen molar-refractivity contribution in [1.82, 2.24) is 9.62 Å². The lowest BCUT2D eigenvalue weighted by Crippen LogP contribution is -2.30. The quantitative estimate of drug-likeness (QED) is 0.707. The summed E-state index contributed by atoms with van der Waals surface area (Å²) in [4.78, 5) is 12.5. The van der Waals surface area contributed by atoms with Crippen LogP contribution in [0.4, 0.5) is 0 Å². The molecule has 1 amide bonds. The summed E-state index contributed by atoms with van der Waals surface area (Å²) in [6.07, 6.45) is 6.65. The maximum atomic E-state index is 12.5. The Hall–Kier alpha value is -1.40. The molecule has 1 aromatic rings. The van der Waals surface area contributed by atoms with Crippen LogP contribution >= 0.6 is 0 Å². The Kier molecular flexibility index (Phi) is 7.65. The molecule has 26 heavy (non-hydrogen) atoms. The fourth-order valence-electron chi connectivity index (χ4n) is 3.67. The largest absolute Gasteiger partial charge is 0.350 e. The molecule has 6 heteroatoms. The zero-order chi connectivity index (χ0) is 19.2. The third kappa shape index (κ3) is 5.30. The number of hydrogen-bond acceptors (Lipinski definition) is 3. The van der Waals surface area contributed by atoms with Gasteiger partial charge < -0.3 is 5.32 Å². The molecule has 1 aliphatic carbocycles. The second-order valence-electron chi connectivity index (χ2n) is 7.14. The molecule has 1 unspecified atom stereocenters. The normalized spacial score (nSPS) is 16.8. The van der Waals surface area contributed by atoms with Crippen LogP contribution in [0.15, 0.2) is 29.2 Å². The molecule has 1 aliphatic rings. The lowest BCUT2D eigenvalue weighted by atomic mass is 10.0. The molecule has 0 heterocycles. The van der Waals surface area contributed by atoms with E-state index in [2.05, 4.69) is 5.32 Å². The molecule has 0 aliphatic heterocycles. The van der Waals surface area contributed by atoms with Gasteiger partial charge in [-0.15, -0.1) is 0 Å². The van der Waals surface area contributed by atoms with Crippen LogP contribution in [0, 0.1) is 5.92 Å². The smallest absolute Gasteiger partial charge is 0.243 e. The van der Waals surface area contributed by atoms with E-state index in [1.807, 2.05) is 20.8 Å². The Morgan fingerprint density at radius 3 is 2.27 bits per heavy atom. The van der Waals surface area contributed by atoms with Crippen LogP contribution in [0.25, 0.3) is 0 Å². The van der Waals surface area contributed by atoms with E-state index in [1.54, 1.807) is 24.3 Å². The standard InChI is InChI=1S/C20H32N2O3S/c1-4-22(5-2)26(24,25)19-13-11-18(12-14-19)16(3)21-20(23)15-10-17-8-6-7-9-17/h11-14,16-17H,4-10,15H2,1-3H3,(H,21,23). The van der Waals surface area contributed by atoms with Crippen molar-refractivity contribution in [2.75, 3.05) is 13.1 Å². The van der Waals surface area contributed by atoms with E-state index in [-0.39, 0.29) is 11.9 Å². The molecule has 0 aromatic heterocycles. The Balaban J connectivity index is 1.93. The first kappa shape index (κ1) is 20.9. The van der Waals surface area contributed by atoms with E-state index in [0.29, 0.717) is 30.3 Å². The summed E-state index contributed by atoms with van der Waals surface area (Å²) in [5.41, 5.74) is 0.915. The third-order valence-corrected chi connectivity index (χ3v) is 7.42. The molecule has 5 nitrogen and oxygen atoms in total. The number of nitrogens with zero attached hydrogens (tertiary/aromatic N) is 1. The molecular weight excluding hydrogens is 348 g/mol. The van der Waals surface area contributed by atoms with Crippen LogP contribution in [-0.4, -0.2) is 31.7 Å². The molecule has 146 valence electrons. The predicted octanol–water partition coefficient (Wildman–Crippen LogP) is 3.86. The molecule has 0 saturated heterocycles. The number of amides is 1. The summed E-state index contributed by atoms with van der Waals surface area (Å²) in [5, 5.41) is 3.02. The van der Waals surface area contributed by atoms with Crippen LogP contribution in [0.1, 0.15) is 70.9 Å². The third-order valence-electron chi connectivity index (χ3n) is 5.36. The SMILES string of the molecule is CCN(CC)S(=O)(=O)c1ccc(C(C)NC(=O)CCC2CCCC2)cc1. The van der Waals surface area contributed by atoms with Gasteiger partial charge in [-0.1, -0.05) is 51.7 Å². The van der Waals surface area contributed by atoms with E-state index in [0.717, 1.165) is 12.0 Å². The molecule has 1 atom stereocenters. The minimum Gasteiger partial charge on any atom is -0.350 e. The molecule has 0 bridgehead atoms. The zero-order valence-electron chi connectivity index (χ0n) is 16.2. The molecule has 1 saturated carbocycles. The first-order chi connectivity index (χ1) is 12.4. The maximum absolute atomic E-state index is 12.5. The number of hydrogen-bond donors (Lipinski definition) is 1. The summed E-state index contributed by atoms with van der Waals surface area (Å²) in [6, 6.07) is 6.71. The highest BCUT2D eigenvalue weighted by Crippen LogP contribution is 2.28. The molecule has 2 rings (SSSR count). The van der Waals surface area contributed by atoms with Gasteiger partial charge in [0.05, 0.1) is 10.9 Å². The summed E-state index contributed by atoms with van der Waals surface area (Å²) in [6.45, 7) is 6.50. The van der Waals surface area contributed by atoms with Crippen molar-refractivity contribution in [3.63, 3.8) is 0 Å². The van der Waals surface area contributed by atoms with E-state index in [9.17, 15) is 13.2 Å². The Bertz CT molecular complexity index is 676. The van der Waals surface area contributed by atoms with Crippen molar-refractivity contribution in [2.24, 2.45) is 5.92 Å². The number of rotatable bonds is 9. The first-order valence-electron chi connectivity index (χ1n) is 9.78. The van der Waals surface area contributed by atoms with Crippen molar-refractivity contribution in [1.29, 1.82) is 0 Å². The second kappa shape index (κ2) is 9.51.